The molecular formula is C16H12F3NOS. The van der Waals surface area contributed by atoms with Crippen molar-refractivity contribution in [1.82, 2.24) is 4.98 Å². The maximum Gasteiger partial charge on any atom is 0.421 e. The molecule has 22 heavy (non-hydrogen) atoms. The van der Waals surface area contributed by atoms with Gasteiger partial charge < -0.3 is 5.11 Å². The Bertz CT molecular complexity index is 823. The number of aliphatic hydroxyl groups is 1. The number of aromatic nitrogens is 1. The third-order valence-corrected chi connectivity index (χ3v) is 4.59. The first kappa shape index (κ1) is 15.0. The van der Waals surface area contributed by atoms with Gasteiger partial charge in [0, 0.05) is 16.5 Å². The van der Waals surface area contributed by atoms with Crippen LogP contribution in [0.5, 0.6) is 0 Å². The summed E-state index contributed by atoms with van der Waals surface area (Å²) < 4.78 is 39.9. The lowest BCUT2D eigenvalue weighted by atomic mass is 9.94. The Kier molecular flexibility index (Phi) is 3.45. The molecule has 1 N–H and O–H groups in total. The van der Waals surface area contributed by atoms with Crippen LogP contribution in [0.1, 0.15) is 12.5 Å². The Morgan fingerprint density at radius 1 is 1.14 bits per heavy atom. The number of halogens is 3. The number of hydrogen-bond donors (Lipinski definition) is 1. The largest absolute Gasteiger partial charge is 0.421 e. The van der Waals surface area contributed by atoms with Crippen molar-refractivity contribution in [2.75, 3.05) is 0 Å². The lowest BCUT2D eigenvalue weighted by molar-refractivity contribution is -0.258. The van der Waals surface area contributed by atoms with Gasteiger partial charge in [0.25, 0.3) is 0 Å². The van der Waals surface area contributed by atoms with Crippen LogP contribution >= 0.6 is 11.3 Å². The topological polar surface area (TPSA) is 33.1 Å². The fourth-order valence-corrected chi connectivity index (χ4v) is 3.16. The third kappa shape index (κ3) is 2.38. The summed E-state index contributed by atoms with van der Waals surface area (Å²) in [6, 6.07) is 10.0. The van der Waals surface area contributed by atoms with Gasteiger partial charge in [0.05, 0.1) is 5.69 Å². The summed E-state index contributed by atoms with van der Waals surface area (Å²) in [4.78, 5) is 4.16. The molecular weight excluding hydrogens is 311 g/mol. The maximum atomic E-state index is 13.0. The van der Waals surface area contributed by atoms with Crippen LogP contribution in [-0.2, 0) is 5.60 Å². The molecule has 0 amide bonds. The number of rotatable bonds is 2. The molecule has 0 saturated carbocycles. The molecule has 0 radical (unpaired) electrons. The van der Waals surface area contributed by atoms with Gasteiger partial charge in [0.2, 0.25) is 0 Å². The van der Waals surface area contributed by atoms with Crippen molar-refractivity contribution in [1.29, 1.82) is 0 Å². The minimum absolute atomic E-state index is 0.224. The molecule has 0 saturated heterocycles. The summed E-state index contributed by atoms with van der Waals surface area (Å²) in [5.41, 5.74) is -1.96. The van der Waals surface area contributed by atoms with Crippen molar-refractivity contribution in [3.8, 4) is 11.3 Å². The zero-order valence-electron chi connectivity index (χ0n) is 11.6. The van der Waals surface area contributed by atoms with Gasteiger partial charge in [0.1, 0.15) is 0 Å². The second-order valence-electron chi connectivity index (χ2n) is 5.14. The normalized spacial score (nSPS) is 15.0. The highest BCUT2D eigenvalue weighted by molar-refractivity contribution is 7.17. The Morgan fingerprint density at radius 3 is 2.64 bits per heavy atom. The van der Waals surface area contributed by atoms with E-state index in [1.165, 1.54) is 29.7 Å². The van der Waals surface area contributed by atoms with Gasteiger partial charge in [-0.2, -0.15) is 13.2 Å². The molecule has 0 aliphatic rings. The van der Waals surface area contributed by atoms with Crippen LogP contribution in [0.4, 0.5) is 13.2 Å². The van der Waals surface area contributed by atoms with Crippen LogP contribution < -0.4 is 0 Å². The molecule has 0 spiro atoms. The van der Waals surface area contributed by atoms with E-state index in [9.17, 15) is 18.3 Å². The number of hydrogen-bond acceptors (Lipinski definition) is 3. The van der Waals surface area contributed by atoms with Crippen LogP contribution in [0, 0.1) is 0 Å². The second-order valence-corrected chi connectivity index (χ2v) is 6.06. The lowest BCUT2D eigenvalue weighted by Gasteiger charge is -2.26. The first-order valence-electron chi connectivity index (χ1n) is 6.53. The van der Waals surface area contributed by atoms with Crippen molar-refractivity contribution in [3.05, 3.63) is 53.5 Å². The van der Waals surface area contributed by atoms with Crippen molar-refractivity contribution < 1.29 is 18.3 Å². The summed E-state index contributed by atoms with van der Waals surface area (Å²) in [5.74, 6) is 0. The number of nitrogens with zero attached hydrogens (tertiary/aromatic N) is 1. The molecule has 3 rings (SSSR count). The minimum Gasteiger partial charge on any atom is -0.376 e. The average molecular weight is 323 g/mol. The van der Waals surface area contributed by atoms with Gasteiger partial charge in [-0.1, -0.05) is 18.2 Å². The quantitative estimate of drug-likeness (QED) is 0.739. The Hall–Kier alpha value is -1.92. The van der Waals surface area contributed by atoms with E-state index >= 15 is 0 Å². The van der Waals surface area contributed by atoms with Crippen LogP contribution in [0.3, 0.4) is 0 Å². The molecule has 3 aromatic rings. The SMILES string of the molecule is C[C@@](O)(c1ccnc(-c2cccc3ccsc23)c1)C(F)(F)F. The van der Waals surface area contributed by atoms with Crippen molar-refractivity contribution in [2.24, 2.45) is 0 Å². The molecule has 114 valence electrons. The predicted octanol–water partition coefficient (Wildman–Crippen LogP) is 4.73. The number of thiophene rings is 1. The molecule has 1 atom stereocenters. The summed E-state index contributed by atoms with van der Waals surface area (Å²) in [6.45, 7) is 0.748. The number of benzene rings is 1. The highest BCUT2D eigenvalue weighted by Gasteiger charge is 2.51. The Labute approximate surface area is 128 Å². The first-order chi connectivity index (χ1) is 10.3. The second kappa shape index (κ2) is 5.07. The first-order valence-corrected chi connectivity index (χ1v) is 7.41. The Balaban J connectivity index is 2.15. The standard InChI is InChI=1S/C16H12F3NOS/c1-15(21,16(17,18)19)11-5-7-20-13(9-11)12-4-2-3-10-6-8-22-14(10)12/h2-9,21H,1H3/t15-/m1/s1. The van der Waals surface area contributed by atoms with Gasteiger partial charge in [-0.3, -0.25) is 4.98 Å². The fourth-order valence-electron chi connectivity index (χ4n) is 2.24. The van der Waals surface area contributed by atoms with Gasteiger partial charge in [-0.15, -0.1) is 11.3 Å². The summed E-state index contributed by atoms with van der Waals surface area (Å²) >= 11 is 1.50. The summed E-state index contributed by atoms with van der Waals surface area (Å²) in [6.07, 6.45) is -3.46. The van der Waals surface area contributed by atoms with Gasteiger partial charge >= 0.3 is 6.18 Å². The van der Waals surface area contributed by atoms with E-state index in [0.29, 0.717) is 5.69 Å². The van der Waals surface area contributed by atoms with E-state index in [2.05, 4.69) is 4.98 Å². The minimum atomic E-state index is -4.75. The number of alkyl halides is 3. The zero-order chi connectivity index (χ0) is 16.0. The van der Waals surface area contributed by atoms with E-state index < -0.39 is 11.8 Å². The Morgan fingerprint density at radius 2 is 1.91 bits per heavy atom. The zero-order valence-corrected chi connectivity index (χ0v) is 12.4. The van der Waals surface area contributed by atoms with Gasteiger partial charge in [-0.05, 0) is 41.5 Å². The van der Waals surface area contributed by atoms with Crippen LogP contribution in [0.15, 0.2) is 48.0 Å². The lowest BCUT2D eigenvalue weighted by Crippen LogP contribution is -2.39. The molecule has 0 unspecified atom stereocenters. The molecule has 0 aliphatic carbocycles. The van der Waals surface area contributed by atoms with E-state index in [0.717, 1.165) is 22.6 Å². The fraction of sp³-hybridized carbons (Fsp3) is 0.188. The molecule has 0 fully saturated rings. The summed E-state index contributed by atoms with van der Waals surface area (Å²) in [5, 5.41) is 12.7. The molecule has 0 bridgehead atoms. The maximum absolute atomic E-state index is 13.0. The molecule has 0 aliphatic heterocycles. The monoisotopic (exact) mass is 323 g/mol. The number of pyridine rings is 1. The van der Waals surface area contributed by atoms with Crippen LogP contribution in [0.25, 0.3) is 21.3 Å². The molecule has 6 heteroatoms. The van der Waals surface area contributed by atoms with Gasteiger partial charge in [0.15, 0.2) is 5.60 Å². The third-order valence-electron chi connectivity index (χ3n) is 3.63. The van der Waals surface area contributed by atoms with E-state index in [-0.39, 0.29) is 5.56 Å². The summed E-state index contributed by atoms with van der Waals surface area (Å²) in [7, 11) is 0. The van der Waals surface area contributed by atoms with E-state index in [4.69, 9.17) is 0 Å². The van der Waals surface area contributed by atoms with Crippen molar-refractivity contribution in [3.63, 3.8) is 0 Å². The molecule has 1 aromatic carbocycles. The smallest absolute Gasteiger partial charge is 0.376 e. The van der Waals surface area contributed by atoms with Crippen LogP contribution in [-0.4, -0.2) is 16.3 Å². The molecule has 2 heterocycles. The van der Waals surface area contributed by atoms with Gasteiger partial charge in [-0.25, -0.2) is 0 Å². The van der Waals surface area contributed by atoms with E-state index in [1.54, 1.807) is 0 Å². The predicted molar refractivity (Wildman–Crippen MR) is 80.7 cm³/mol. The highest BCUT2D eigenvalue weighted by atomic mass is 32.1. The van der Waals surface area contributed by atoms with E-state index in [1.807, 2.05) is 29.6 Å². The van der Waals surface area contributed by atoms with Crippen molar-refractivity contribution in [2.45, 2.75) is 18.7 Å². The van der Waals surface area contributed by atoms with Crippen molar-refractivity contribution >= 4 is 21.4 Å². The van der Waals surface area contributed by atoms with Crippen LogP contribution in [0.2, 0.25) is 0 Å². The molecule has 2 nitrogen and oxygen atoms in total. The molecule has 2 aromatic heterocycles. The average Bonchev–Trinajstić information content (AvgIpc) is 2.94. The highest BCUT2D eigenvalue weighted by Crippen LogP contribution is 2.40. The number of fused-ring (bicyclic) bond motifs is 1.